The average Bonchev–Trinajstić information content (AvgIpc) is 2.04. The van der Waals surface area contributed by atoms with E-state index in [1.807, 2.05) is 0 Å². The lowest BCUT2D eigenvalue weighted by Gasteiger charge is -2.04. The van der Waals surface area contributed by atoms with E-state index in [1.54, 1.807) is 0 Å². The van der Waals surface area contributed by atoms with Crippen LogP contribution in [-0.2, 0) is 12.8 Å². The number of aryl methyl sites for hydroxylation is 2. The lowest BCUT2D eigenvalue weighted by atomic mass is 10.0. The molecule has 0 spiro atoms. The van der Waals surface area contributed by atoms with Crippen LogP contribution < -0.4 is 0 Å². The van der Waals surface area contributed by atoms with Gasteiger partial charge in [0.05, 0.1) is 0 Å². The molecule has 1 radical (unpaired) electrons. The van der Waals surface area contributed by atoms with E-state index in [9.17, 15) is 0 Å². The zero-order valence-electron chi connectivity index (χ0n) is 7.35. The predicted octanol–water partition coefficient (Wildman–Crippen LogP) is 2.93. The molecule has 0 saturated heterocycles. The number of hydrogen-bond acceptors (Lipinski definition) is 0. The first-order valence-electron chi connectivity index (χ1n) is 4.15. The Labute approximate surface area is 69.3 Å². The van der Waals surface area contributed by atoms with Gasteiger partial charge in [-0.1, -0.05) is 25.1 Å². The SMILES string of the molecule is [CH2]Cc1ccc(CC)cc1C. The van der Waals surface area contributed by atoms with E-state index in [0.717, 1.165) is 12.8 Å². The first-order valence-corrected chi connectivity index (χ1v) is 4.15. The molecule has 0 amide bonds. The van der Waals surface area contributed by atoms with Crippen molar-refractivity contribution in [2.45, 2.75) is 26.7 Å². The van der Waals surface area contributed by atoms with Gasteiger partial charge in [-0.05, 0) is 43.4 Å². The van der Waals surface area contributed by atoms with Crippen molar-refractivity contribution in [1.82, 2.24) is 0 Å². The summed E-state index contributed by atoms with van der Waals surface area (Å²) in [5.41, 5.74) is 4.15. The summed E-state index contributed by atoms with van der Waals surface area (Å²) >= 11 is 0. The van der Waals surface area contributed by atoms with Crippen molar-refractivity contribution in [3.63, 3.8) is 0 Å². The Kier molecular flexibility index (Phi) is 2.70. The Morgan fingerprint density at radius 3 is 2.55 bits per heavy atom. The minimum Gasteiger partial charge on any atom is -0.0613 e. The van der Waals surface area contributed by atoms with Gasteiger partial charge in [-0.15, -0.1) is 0 Å². The van der Waals surface area contributed by atoms with Gasteiger partial charge in [0.25, 0.3) is 0 Å². The van der Waals surface area contributed by atoms with Crippen molar-refractivity contribution in [3.8, 4) is 0 Å². The van der Waals surface area contributed by atoms with Crippen LogP contribution in [0.2, 0.25) is 0 Å². The topological polar surface area (TPSA) is 0 Å². The normalized spacial score (nSPS) is 10.1. The molecule has 0 heteroatoms. The molecule has 11 heavy (non-hydrogen) atoms. The molecule has 1 aromatic carbocycles. The summed E-state index contributed by atoms with van der Waals surface area (Å²) in [6.07, 6.45) is 2.02. The van der Waals surface area contributed by atoms with E-state index < -0.39 is 0 Å². The maximum Gasteiger partial charge on any atom is -0.0276 e. The van der Waals surface area contributed by atoms with Gasteiger partial charge in [0.15, 0.2) is 0 Å². The zero-order chi connectivity index (χ0) is 8.27. The van der Waals surface area contributed by atoms with Gasteiger partial charge in [0.1, 0.15) is 0 Å². The van der Waals surface area contributed by atoms with Crippen molar-refractivity contribution < 1.29 is 0 Å². The molecular formula is C11H15. The Balaban J connectivity index is 2.99. The molecule has 0 unspecified atom stereocenters. The van der Waals surface area contributed by atoms with Gasteiger partial charge in [-0.25, -0.2) is 0 Å². The summed E-state index contributed by atoms with van der Waals surface area (Å²) in [4.78, 5) is 0. The molecule has 59 valence electrons. The third-order valence-corrected chi connectivity index (χ3v) is 2.08. The molecule has 0 aromatic heterocycles. The Morgan fingerprint density at radius 1 is 1.36 bits per heavy atom. The highest BCUT2D eigenvalue weighted by Gasteiger charge is 1.95. The second kappa shape index (κ2) is 3.56. The molecule has 0 aliphatic heterocycles. The minimum absolute atomic E-state index is 0.899. The molecule has 0 aliphatic carbocycles. The predicted molar refractivity (Wildman–Crippen MR) is 49.6 cm³/mol. The monoisotopic (exact) mass is 147 g/mol. The van der Waals surface area contributed by atoms with Crippen LogP contribution >= 0.6 is 0 Å². The Morgan fingerprint density at radius 2 is 2.09 bits per heavy atom. The van der Waals surface area contributed by atoms with Crippen molar-refractivity contribution in [1.29, 1.82) is 0 Å². The molecule has 0 nitrogen and oxygen atoms in total. The van der Waals surface area contributed by atoms with E-state index in [0.29, 0.717) is 0 Å². The maximum atomic E-state index is 3.87. The van der Waals surface area contributed by atoms with E-state index in [1.165, 1.54) is 16.7 Å². The quantitative estimate of drug-likeness (QED) is 0.603. The fourth-order valence-corrected chi connectivity index (χ4v) is 1.26. The van der Waals surface area contributed by atoms with Gasteiger partial charge in [0, 0.05) is 0 Å². The molecule has 0 saturated carbocycles. The van der Waals surface area contributed by atoms with Crippen molar-refractivity contribution >= 4 is 0 Å². The Hall–Kier alpha value is -0.780. The van der Waals surface area contributed by atoms with E-state index in [4.69, 9.17) is 0 Å². The van der Waals surface area contributed by atoms with Gasteiger partial charge in [0.2, 0.25) is 0 Å². The van der Waals surface area contributed by atoms with Crippen LogP contribution in [0.4, 0.5) is 0 Å². The highest BCUT2D eigenvalue weighted by molar-refractivity contribution is 5.31. The fraction of sp³-hybridized carbons (Fsp3) is 0.364. The molecule has 0 atom stereocenters. The van der Waals surface area contributed by atoms with E-state index in [2.05, 4.69) is 39.0 Å². The summed E-state index contributed by atoms with van der Waals surface area (Å²) in [7, 11) is 0. The summed E-state index contributed by atoms with van der Waals surface area (Å²) in [5.74, 6) is 0. The molecule has 1 rings (SSSR count). The van der Waals surface area contributed by atoms with E-state index >= 15 is 0 Å². The van der Waals surface area contributed by atoms with Gasteiger partial charge < -0.3 is 0 Å². The average molecular weight is 147 g/mol. The van der Waals surface area contributed by atoms with Crippen LogP contribution in [-0.4, -0.2) is 0 Å². The first-order chi connectivity index (χ1) is 5.27. The first kappa shape index (κ1) is 8.32. The highest BCUT2D eigenvalue weighted by atomic mass is 14.0. The standard InChI is InChI=1S/C11H15/c1-4-10-6-7-11(5-2)9(3)8-10/h6-8H,2,4-5H2,1,3H3. The van der Waals surface area contributed by atoms with Crippen LogP contribution in [0.5, 0.6) is 0 Å². The van der Waals surface area contributed by atoms with Gasteiger partial charge in [-0.3, -0.25) is 0 Å². The summed E-state index contributed by atoms with van der Waals surface area (Å²) in [6.45, 7) is 8.20. The molecule has 0 fully saturated rings. The maximum absolute atomic E-state index is 3.87. The highest BCUT2D eigenvalue weighted by Crippen LogP contribution is 2.11. The van der Waals surface area contributed by atoms with Gasteiger partial charge in [-0.2, -0.15) is 0 Å². The summed E-state index contributed by atoms with van der Waals surface area (Å²) in [5, 5.41) is 0. The summed E-state index contributed by atoms with van der Waals surface area (Å²) in [6, 6.07) is 6.62. The van der Waals surface area contributed by atoms with Crippen LogP contribution in [0.1, 0.15) is 23.6 Å². The molecular weight excluding hydrogens is 132 g/mol. The van der Waals surface area contributed by atoms with Gasteiger partial charge >= 0.3 is 0 Å². The molecule has 0 N–H and O–H groups in total. The van der Waals surface area contributed by atoms with Crippen molar-refractivity contribution in [2.24, 2.45) is 0 Å². The molecule has 0 heterocycles. The van der Waals surface area contributed by atoms with Crippen molar-refractivity contribution in [2.75, 3.05) is 0 Å². The molecule has 0 bridgehead atoms. The third-order valence-electron chi connectivity index (χ3n) is 2.08. The van der Waals surface area contributed by atoms with Crippen LogP contribution in [0.15, 0.2) is 18.2 Å². The minimum atomic E-state index is 0.899. The second-order valence-electron chi connectivity index (χ2n) is 2.86. The van der Waals surface area contributed by atoms with Crippen LogP contribution in [0.25, 0.3) is 0 Å². The largest absolute Gasteiger partial charge is 0.0613 e. The Bertz CT molecular complexity index is 236. The molecule has 0 aliphatic rings. The van der Waals surface area contributed by atoms with Crippen LogP contribution in [0, 0.1) is 13.8 Å². The lowest BCUT2D eigenvalue weighted by molar-refractivity contribution is 1.11. The fourth-order valence-electron chi connectivity index (χ4n) is 1.26. The number of hydrogen-bond donors (Lipinski definition) is 0. The smallest absolute Gasteiger partial charge is 0.0276 e. The second-order valence-corrected chi connectivity index (χ2v) is 2.86. The number of benzene rings is 1. The van der Waals surface area contributed by atoms with Crippen molar-refractivity contribution in [3.05, 3.63) is 41.8 Å². The zero-order valence-corrected chi connectivity index (χ0v) is 7.35. The molecule has 1 aromatic rings. The summed E-state index contributed by atoms with van der Waals surface area (Å²) < 4.78 is 0. The van der Waals surface area contributed by atoms with E-state index in [-0.39, 0.29) is 0 Å². The number of rotatable bonds is 2. The van der Waals surface area contributed by atoms with Crippen LogP contribution in [0.3, 0.4) is 0 Å². The third kappa shape index (κ3) is 1.83. The lowest BCUT2D eigenvalue weighted by Crippen LogP contribution is -1.88.